The highest BCUT2D eigenvalue weighted by atomic mass is 32.2. The Morgan fingerprint density at radius 1 is 0.917 bits per heavy atom. The van der Waals surface area contributed by atoms with E-state index in [9.17, 15) is 18.0 Å². The van der Waals surface area contributed by atoms with Crippen molar-refractivity contribution in [2.75, 3.05) is 18.4 Å². The smallest absolute Gasteiger partial charge is 0.269 e. The quantitative estimate of drug-likeness (QED) is 0.557. The van der Waals surface area contributed by atoms with Crippen molar-refractivity contribution in [1.82, 2.24) is 9.62 Å². The van der Waals surface area contributed by atoms with Gasteiger partial charge in [0.25, 0.3) is 11.8 Å². The van der Waals surface area contributed by atoms with Gasteiger partial charge in [-0.1, -0.05) is 61.0 Å². The van der Waals surface area contributed by atoms with E-state index in [2.05, 4.69) is 15.6 Å². The molecule has 0 spiro atoms. The van der Waals surface area contributed by atoms with Gasteiger partial charge in [-0.2, -0.15) is 4.31 Å². The Bertz CT molecular complexity index is 1430. The number of anilines is 1. The molecule has 2 N–H and O–H groups in total. The Morgan fingerprint density at radius 2 is 1.64 bits per heavy atom. The number of nitrogens with one attached hydrogen (secondary N) is 2. The van der Waals surface area contributed by atoms with Crippen molar-refractivity contribution in [1.29, 1.82) is 0 Å². The molecule has 2 aliphatic rings. The summed E-state index contributed by atoms with van der Waals surface area (Å²) in [5.74, 6) is -1.08. The average molecular weight is 503 g/mol. The summed E-state index contributed by atoms with van der Waals surface area (Å²) in [6, 6.07) is 22.6. The zero-order valence-corrected chi connectivity index (χ0v) is 20.4. The number of rotatable bonds is 5. The van der Waals surface area contributed by atoms with Crippen LogP contribution in [0.4, 0.5) is 5.69 Å². The molecule has 1 atom stereocenters. The minimum Gasteiger partial charge on any atom is -0.322 e. The highest BCUT2D eigenvalue weighted by Gasteiger charge is 2.29. The maximum Gasteiger partial charge on any atom is 0.269 e. The molecule has 3 aromatic carbocycles. The van der Waals surface area contributed by atoms with E-state index in [4.69, 9.17) is 0 Å². The monoisotopic (exact) mass is 502 g/mol. The van der Waals surface area contributed by atoms with Crippen LogP contribution in [0.2, 0.25) is 0 Å². The lowest BCUT2D eigenvalue weighted by Gasteiger charge is -2.26. The number of hydrogen-bond acceptors (Lipinski definition) is 5. The molecular weight excluding hydrogens is 476 g/mol. The second kappa shape index (κ2) is 10.0. The van der Waals surface area contributed by atoms with Gasteiger partial charge in [-0.3, -0.25) is 9.59 Å². The number of piperidine rings is 1. The molecule has 0 aliphatic carbocycles. The molecule has 0 bridgehead atoms. The molecular formula is C27H26N4O4S. The Kier molecular flexibility index (Phi) is 6.67. The first-order valence-corrected chi connectivity index (χ1v) is 13.3. The van der Waals surface area contributed by atoms with Crippen LogP contribution in [0.5, 0.6) is 0 Å². The molecule has 9 heteroatoms. The molecule has 0 unspecified atom stereocenters. The number of carbonyl (C=O) groups is 2. The highest BCUT2D eigenvalue weighted by Crippen LogP contribution is 2.24. The maximum atomic E-state index is 13.2. The van der Waals surface area contributed by atoms with Gasteiger partial charge in [0, 0.05) is 29.8 Å². The molecule has 184 valence electrons. The third-order valence-corrected chi connectivity index (χ3v) is 8.21. The third-order valence-electron chi connectivity index (χ3n) is 6.31. The standard InChI is InChI=1S/C27H26N4O4S/c32-26(20-12-9-13-21(18-20)36(34,35)31-16-7-2-8-17-31)30-25-27(33)28-23-15-6-5-14-22(23)24(29-25)19-10-3-1-4-11-19/h1,3-6,9-15,18,25H,2,7-8,16-17H2,(H,28,33)(H,30,32)/t25-/m1/s1. The first kappa shape index (κ1) is 23.9. The molecule has 3 aromatic rings. The SMILES string of the molecule is O=C(N[C@H]1N=C(c2ccccc2)c2ccccc2NC1=O)c1cccc(S(=O)(=O)N2CCCCC2)c1. The summed E-state index contributed by atoms with van der Waals surface area (Å²) >= 11 is 0. The summed E-state index contributed by atoms with van der Waals surface area (Å²) in [6.45, 7) is 0.942. The van der Waals surface area contributed by atoms with Crippen LogP contribution in [0.25, 0.3) is 0 Å². The molecule has 8 nitrogen and oxygen atoms in total. The molecule has 2 heterocycles. The number of hydrogen-bond donors (Lipinski definition) is 2. The van der Waals surface area contributed by atoms with Crippen LogP contribution in [-0.4, -0.2) is 49.5 Å². The van der Waals surface area contributed by atoms with E-state index in [-0.39, 0.29) is 10.5 Å². The van der Waals surface area contributed by atoms with Gasteiger partial charge >= 0.3 is 0 Å². The van der Waals surface area contributed by atoms with Crippen LogP contribution in [0, 0.1) is 0 Å². The number of nitrogens with zero attached hydrogens (tertiary/aromatic N) is 2. The topological polar surface area (TPSA) is 108 Å². The fourth-order valence-corrected chi connectivity index (χ4v) is 6.00. The summed E-state index contributed by atoms with van der Waals surface area (Å²) < 4.78 is 27.6. The van der Waals surface area contributed by atoms with Gasteiger partial charge in [0.05, 0.1) is 16.3 Å². The number of benzodiazepines with no additional fused rings is 1. The van der Waals surface area contributed by atoms with Crippen molar-refractivity contribution in [3.63, 3.8) is 0 Å². The second-order valence-electron chi connectivity index (χ2n) is 8.75. The van der Waals surface area contributed by atoms with E-state index < -0.39 is 28.0 Å². The van der Waals surface area contributed by atoms with Gasteiger partial charge in [-0.15, -0.1) is 0 Å². The lowest BCUT2D eigenvalue weighted by Crippen LogP contribution is -2.42. The fraction of sp³-hybridized carbons (Fsp3) is 0.222. The predicted octanol–water partition coefficient (Wildman–Crippen LogP) is 3.41. The summed E-state index contributed by atoms with van der Waals surface area (Å²) in [4.78, 5) is 30.9. The molecule has 2 amide bonds. The van der Waals surface area contributed by atoms with Crippen molar-refractivity contribution >= 4 is 33.2 Å². The minimum absolute atomic E-state index is 0.0586. The third kappa shape index (κ3) is 4.80. The van der Waals surface area contributed by atoms with Crippen molar-refractivity contribution in [3.8, 4) is 0 Å². The number of fused-ring (bicyclic) bond motifs is 1. The van der Waals surface area contributed by atoms with Crippen molar-refractivity contribution in [3.05, 3.63) is 95.6 Å². The van der Waals surface area contributed by atoms with Gasteiger partial charge in [-0.05, 0) is 37.1 Å². The Hall–Kier alpha value is -3.82. The molecule has 36 heavy (non-hydrogen) atoms. The number of sulfonamides is 1. The van der Waals surface area contributed by atoms with Gasteiger partial charge in [0.15, 0.2) is 0 Å². The Labute approximate surface area is 210 Å². The Balaban J connectivity index is 1.44. The molecule has 0 radical (unpaired) electrons. The number of benzene rings is 3. The fourth-order valence-electron chi connectivity index (χ4n) is 4.44. The van der Waals surface area contributed by atoms with E-state index in [0.29, 0.717) is 24.5 Å². The van der Waals surface area contributed by atoms with Gasteiger partial charge < -0.3 is 10.6 Å². The largest absolute Gasteiger partial charge is 0.322 e. The van der Waals surface area contributed by atoms with Crippen LogP contribution in [-0.2, 0) is 14.8 Å². The van der Waals surface area contributed by atoms with Crippen LogP contribution >= 0.6 is 0 Å². The predicted molar refractivity (Wildman–Crippen MR) is 137 cm³/mol. The number of aliphatic imine (C=N–C) groups is 1. The van der Waals surface area contributed by atoms with Gasteiger partial charge in [0.2, 0.25) is 16.2 Å². The van der Waals surface area contributed by atoms with Crippen LogP contribution in [0.1, 0.15) is 40.7 Å². The summed E-state index contributed by atoms with van der Waals surface area (Å²) in [5, 5.41) is 5.51. The first-order valence-electron chi connectivity index (χ1n) is 11.9. The van der Waals surface area contributed by atoms with E-state index in [1.807, 2.05) is 48.5 Å². The van der Waals surface area contributed by atoms with Crippen molar-refractivity contribution in [2.24, 2.45) is 4.99 Å². The van der Waals surface area contributed by atoms with Gasteiger partial charge in [-0.25, -0.2) is 13.4 Å². The zero-order chi connectivity index (χ0) is 25.1. The maximum absolute atomic E-state index is 13.2. The molecule has 1 fully saturated rings. The molecule has 5 rings (SSSR count). The van der Waals surface area contributed by atoms with E-state index in [0.717, 1.165) is 30.4 Å². The Morgan fingerprint density at radius 3 is 2.42 bits per heavy atom. The second-order valence-corrected chi connectivity index (χ2v) is 10.7. The van der Waals surface area contributed by atoms with Crippen molar-refractivity contribution < 1.29 is 18.0 Å². The number of para-hydroxylation sites is 1. The summed E-state index contributed by atoms with van der Waals surface area (Å²) in [5.41, 5.74) is 2.84. The van der Waals surface area contributed by atoms with Crippen LogP contribution in [0.15, 0.2) is 88.8 Å². The summed E-state index contributed by atoms with van der Waals surface area (Å²) in [6.07, 6.45) is 1.44. The molecule has 2 aliphatic heterocycles. The summed E-state index contributed by atoms with van der Waals surface area (Å²) in [7, 11) is -3.70. The first-order chi connectivity index (χ1) is 17.4. The van der Waals surface area contributed by atoms with Crippen molar-refractivity contribution in [2.45, 2.75) is 30.3 Å². The molecule has 1 saturated heterocycles. The number of amides is 2. The normalized spacial score (nSPS) is 18.4. The lowest BCUT2D eigenvalue weighted by atomic mass is 10.0. The highest BCUT2D eigenvalue weighted by molar-refractivity contribution is 7.89. The van der Waals surface area contributed by atoms with Gasteiger partial charge in [0.1, 0.15) is 0 Å². The lowest BCUT2D eigenvalue weighted by molar-refractivity contribution is -0.117. The number of carbonyl (C=O) groups excluding carboxylic acids is 2. The molecule has 0 aromatic heterocycles. The molecule has 0 saturated carbocycles. The zero-order valence-electron chi connectivity index (χ0n) is 19.6. The van der Waals surface area contributed by atoms with E-state index >= 15 is 0 Å². The van der Waals surface area contributed by atoms with E-state index in [1.54, 1.807) is 6.07 Å². The average Bonchev–Trinajstić information content (AvgIpc) is 3.06. The van der Waals surface area contributed by atoms with Crippen LogP contribution in [0.3, 0.4) is 0 Å². The van der Waals surface area contributed by atoms with Crippen LogP contribution < -0.4 is 10.6 Å². The minimum atomic E-state index is -3.70. The van der Waals surface area contributed by atoms with E-state index in [1.165, 1.54) is 28.6 Å².